The van der Waals surface area contributed by atoms with Crippen molar-refractivity contribution in [2.45, 2.75) is 12.8 Å². The van der Waals surface area contributed by atoms with Gasteiger partial charge in [0.05, 0.1) is 15.8 Å². The van der Waals surface area contributed by atoms with E-state index in [1.165, 1.54) is 17.7 Å². The zero-order chi connectivity index (χ0) is 12.8. The molecule has 0 radical (unpaired) electrons. The molecular weight excluding hydrogens is 250 g/mol. The van der Waals surface area contributed by atoms with E-state index in [0.717, 1.165) is 29.7 Å². The summed E-state index contributed by atoms with van der Waals surface area (Å²) in [4.78, 5) is 20.0. The van der Waals surface area contributed by atoms with Gasteiger partial charge in [-0.05, 0) is 12.8 Å². The van der Waals surface area contributed by atoms with Crippen LogP contribution in [0, 0.1) is 0 Å². The average molecular weight is 265 g/mol. The first-order valence-corrected chi connectivity index (χ1v) is 6.65. The predicted molar refractivity (Wildman–Crippen MR) is 70.9 cm³/mol. The SMILES string of the molecule is COCCCCNC(=O)c1csc2cncnc12. The molecule has 5 nitrogen and oxygen atoms in total. The van der Waals surface area contributed by atoms with Gasteiger partial charge in [-0.3, -0.25) is 4.79 Å². The second kappa shape index (κ2) is 6.42. The Kier molecular flexibility index (Phi) is 4.60. The summed E-state index contributed by atoms with van der Waals surface area (Å²) in [5, 5.41) is 4.71. The highest BCUT2D eigenvalue weighted by atomic mass is 32.1. The van der Waals surface area contributed by atoms with Crippen molar-refractivity contribution in [3.63, 3.8) is 0 Å². The lowest BCUT2D eigenvalue weighted by Gasteiger charge is -2.03. The van der Waals surface area contributed by atoms with E-state index in [4.69, 9.17) is 4.74 Å². The Balaban J connectivity index is 1.93. The smallest absolute Gasteiger partial charge is 0.254 e. The molecule has 0 aliphatic rings. The number of ether oxygens (including phenoxy) is 1. The van der Waals surface area contributed by atoms with Gasteiger partial charge < -0.3 is 10.1 Å². The maximum absolute atomic E-state index is 12.0. The van der Waals surface area contributed by atoms with Crippen molar-refractivity contribution in [1.29, 1.82) is 0 Å². The van der Waals surface area contributed by atoms with Crippen LogP contribution in [0.4, 0.5) is 0 Å². The zero-order valence-electron chi connectivity index (χ0n) is 10.2. The molecule has 2 rings (SSSR count). The molecule has 96 valence electrons. The second-order valence-corrected chi connectivity index (χ2v) is 4.75. The third-order valence-corrected chi connectivity index (χ3v) is 3.45. The number of carbonyl (C=O) groups excluding carboxylic acids is 1. The van der Waals surface area contributed by atoms with Gasteiger partial charge in [0.25, 0.3) is 5.91 Å². The third-order valence-electron chi connectivity index (χ3n) is 2.54. The highest BCUT2D eigenvalue weighted by molar-refractivity contribution is 7.17. The van der Waals surface area contributed by atoms with Crippen LogP contribution >= 0.6 is 11.3 Å². The minimum absolute atomic E-state index is 0.0719. The van der Waals surface area contributed by atoms with E-state index in [2.05, 4.69) is 15.3 Å². The van der Waals surface area contributed by atoms with E-state index in [9.17, 15) is 4.79 Å². The minimum Gasteiger partial charge on any atom is -0.385 e. The zero-order valence-corrected chi connectivity index (χ0v) is 11.0. The molecule has 0 atom stereocenters. The molecule has 0 bridgehead atoms. The third kappa shape index (κ3) is 3.02. The van der Waals surface area contributed by atoms with Crippen LogP contribution in [0.15, 0.2) is 17.9 Å². The summed E-state index contributed by atoms with van der Waals surface area (Å²) in [6.07, 6.45) is 5.05. The Morgan fingerprint density at radius 3 is 3.22 bits per heavy atom. The molecule has 18 heavy (non-hydrogen) atoms. The molecular formula is C12H15N3O2S. The van der Waals surface area contributed by atoms with Crippen molar-refractivity contribution in [1.82, 2.24) is 15.3 Å². The van der Waals surface area contributed by atoms with Gasteiger partial charge in [0.15, 0.2) is 0 Å². The Morgan fingerprint density at radius 2 is 2.39 bits per heavy atom. The Labute approximate surface area is 109 Å². The summed E-state index contributed by atoms with van der Waals surface area (Å²) in [7, 11) is 1.68. The fraction of sp³-hybridized carbons (Fsp3) is 0.417. The maximum atomic E-state index is 12.0. The first kappa shape index (κ1) is 12.9. The van der Waals surface area contributed by atoms with Crippen molar-refractivity contribution in [2.75, 3.05) is 20.3 Å². The van der Waals surface area contributed by atoms with Gasteiger partial charge in [-0.15, -0.1) is 11.3 Å². The predicted octanol–water partition coefficient (Wildman–Crippen LogP) is 1.85. The van der Waals surface area contributed by atoms with Crippen LogP contribution in [-0.2, 0) is 4.74 Å². The minimum atomic E-state index is -0.0719. The number of carbonyl (C=O) groups is 1. The molecule has 2 aromatic rings. The van der Waals surface area contributed by atoms with Crippen molar-refractivity contribution in [2.24, 2.45) is 0 Å². The Morgan fingerprint density at radius 1 is 1.50 bits per heavy atom. The number of nitrogens with zero attached hydrogens (tertiary/aromatic N) is 2. The summed E-state index contributed by atoms with van der Waals surface area (Å²) in [5.74, 6) is -0.0719. The Bertz CT molecular complexity index is 527. The fourth-order valence-electron chi connectivity index (χ4n) is 1.61. The van der Waals surface area contributed by atoms with Gasteiger partial charge in [0.1, 0.15) is 6.33 Å². The van der Waals surface area contributed by atoms with Gasteiger partial charge in [-0.2, -0.15) is 0 Å². The van der Waals surface area contributed by atoms with Crippen LogP contribution in [0.5, 0.6) is 0 Å². The lowest BCUT2D eigenvalue weighted by atomic mass is 10.2. The van der Waals surface area contributed by atoms with Crippen molar-refractivity contribution >= 4 is 27.5 Å². The second-order valence-electron chi connectivity index (χ2n) is 3.84. The van der Waals surface area contributed by atoms with Crippen molar-refractivity contribution in [3.8, 4) is 0 Å². The number of fused-ring (bicyclic) bond motifs is 1. The number of thiophene rings is 1. The lowest BCUT2D eigenvalue weighted by molar-refractivity contribution is 0.0953. The monoisotopic (exact) mass is 265 g/mol. The molecule has 0 saturated heterocycles. The van der Waals surface area contributed by atoms with Gasteiger partial charge in [-0.1, -0.05) is 0 Å². The van der Waals surface area contributed by atoms with E-state index in [-0.39, 0.29) is 5.91 Å². The van der Waals surface area contributed by atoms with E-state index >= 15 is 0 Å². The van der Waals surface area contributed by atoms with E-state index in [1.54, 1.807) is 13.3 Å². The largest absolute Gasteiger partial charge is 0.385 e. The molecule has 0 aliphatic heterocycles. The summed E-state index contributed by atoms with van der Waals surface area (Å²) in [5.41, 5.74) is 1.36. The molecule has 0 fully saturated rings. The van der Waals surface area contributed by atoms with Crippen LogP contribution in [0.1, 0.15) is 23.2 Å². The summed E-state index contributed by atoms with van der Waals surface area (Å²) in [6.45, 7) is 1.38. The Hall–Kier alpha value is -1.53. The number of aromatic nitrogens is 2. The number of hydrogen-bond acceptors (Lipinski definition) is 5. The van der Waals surface area contributed by atoms with Gasteiger partial charge in [0.2, 0.25) is 0 Å². The van der Waals surface area contributed by atoms with Crippen molar-refractivity contribution < 1.29 is 9.53 Å². The molecule has 1 N–H and O–H groups in total. The number of unbranched alkanes of at least 4 members (excludes halogenated alkanes) is 1. The lowest BCUT2D eigenvalue weighted by Crippen LogP contribution is -2.24. The number of methoxy groups -OCH3 is 1. The number of hydrogen-bond donors (Lipinski definition) is 1. The fourth-order valence-corrected chi connectivity index (χ4v) is 2.47. The molecule has 0 saturated carbocycles. The van der Waals surface area contributed by atoms with Gasteiger partial charge >= 0.3 is 0 Å². The molecule has 6 heteroatoms. The van der Waals surface area contributed by atoms with E-state index < -0.39 is 0 Å². The number of amides is 1. The molecule has 0 aliphatic carbocycles. The normalized spacial score (nSPS) is 10.7. The molecule has 0 aromatic carbocycles. The first-order chi connectivity index (χ1) is 8.83. The molecule has 2 aromatic heterocycles. The van der Waals surface area contributed by atoms with Crippen LogP contribution < -0.4 is 5.32 Å². The van der Waals surface area contributed by atoms with E-state index in [0.29, 0.717) is 12.1 Å². The van der Waals surface area contributed by atoms with Crippen LogP contribution in [0.25, 0.3) is 10.2 Å². The average Bonchev–Trinajstić information content (AvgIpc) is 2.82. The topological polar surface area (TPSA) is 64.1 Å². The number of rotatable bonds is 6. The summed E-state index contributed by atoms with van der Waals surface area (Å²) < 4.78 is 5.88. The van der Waals surface area contributed by atoms with Crippen molar-refractivity contribution in [3.05, 3.63) is 23.5 Å². The standard InChI is InChI=1S/C12H15N3O2S/c1-17-5-3-2-4-14-12(16)9-7-18-10-6-13-8-15-11(9)10/h6-8H,2-5H2,1H3,(H,14,16). The molecule has 2 heterocycles. The first-order valence-electron chi connectivity index (χ1n) is 5.77. The number of nitrogens with one attached hydrogen (secondary N) is 1. The summed E-state index contributed by atoms with van der Waals surface area (Å²) in [6, 6.07) is 0. The van der Waals surface area contributed by atoms with Crippen LogP contribution in [0.2, 0.25) is 0 Å². The highest BCUT2D eigenvalue weighted by Gasteiger charge is 2.12. The summed E-state index contributed by atoms with van der Waals surface area (Å²) >= 11 is 1.48. The van der Waals surface area contributed by atoms with Gasteiger partial charge in [0, 0.05) is 31.8 Å². The van der Waals surface area contributed by atoms with Crippen LogP contribution in [0.3, 0.4) is 0 Å². The highest BCUT2D eigenvalue weighted by Crippen LogP contribution is 2.22. The van der Waals surface area contributed by atoms with E-state index in [1.807, 2.05) is 5.38 Å². The molecule has 0 unspecified atom stereocenters. The van der Waals surface area contributed by atoms with Crippen LogP contribution in [-0.4, -0.2) is 36.1 Å². The molecule has 1 amide bonds. The maximum Gasteiger partial charge on any atom is 0.254 e. The van der Waals surface area contributed by atoms with Gasteiger partial charge in [-0.25, -0.2) is 9.97 Å². The quantitative estimate of drug-likeness (QED) is 0.810. The molecule has 0 spiro atoms.